The molecule has 30 heavy (non-hydrogen) atoms. The van der Waals surface area contributed by atoms with Crippen LogP contribution in [-0.4, -0.2) is 60.5 Å². The maximum Gasteiger partial charge on any atom is 0.308 e. The average molecular weight is 410 g/mol. The molecule has 0 radical (unpaired) electrons. The number of carbonyl (C=O) groups is 3. The SMILES string of the molecule is NC(=O)c1ccccc1NC(=O)C[C@@H](CN1CCN(c2ccccc2)CC1)C(=O)O. The summed E-state index contributed by atoms with van der Waals surface area (Å²) in [7, 11) is 0. The van der Waals surface area contributed by atoms with Crippen LogP contribution in [0.25, 0.3) is 0 Å². The van der Waals surface area contributed by atoms with Crippen molar-refractivity contribution in [2.24, 2.45) is 11.7 Å². The molecule has 158 valence electrons. The lowest BCUT2D eigenvalue weighted by molar-refractivity contribution is -0.144. The Balaban J connectivity index is 1.55. The van der Waals surface area contributed by atoms with Crippen molar-refractivity contribution in [3.8, 4) is 0 Å². The van der Waals surface area contributed by atoms with E-state index in [1.54, 1.807) is 18.2 Å². The molecule has 2 amide bonds. The van der Waals surface area contributed by atoms with Gasteiger partial charge < -0.3 is 21.1 Å². The minimum atomic E-state index is -1.01. The highest BCUT2D eigenvalue weighted by molar-refractivity contribution is 6.03. The first-order valence-electron chi connectivity index (χ1n) is 9.88. The molecule has 0 aromatic heterocycles. The Bertz CT molecular complexity index is 895. The number of rotatable bonds is 8. The Hall–Kier alpha value is -3.39. The number of para-hydroxylation sites is 2. The van der Waals surface area contributed by atoms with Gasteiger partial charge in [0.15, 0.2) is 0 Å². The molecule has 1 fully saturated rings. The van der Waals surface area contributed by atoms with Crippen LogP contribution in [-0.2, 0) is 9.59 Å². The second-order valence-corrected chi connectivity index (χ2v) is 7.32. The van der Waals surface area contributed by atoms with Crippen LogP contribution < -0.4 is 16.0 Å². The molecule has 0 aliphatic carbocycles. The van der Waals surface area contributed by atoms with Gasteiger partial charge in [-0.2, -0.15) is 0 Å². The first-order valence-corrected chi connectivity index (χ1v) is 9.88. The van der Waals surface area contributed by atoms with Gasteiger partial charge in [-0.05, 0) is 24.3 Å². The number of amides is 2. The number of nitrogens with one attached hydrogen (secondary N) is 1. The molecule has 0 bridgehead atoms. The van der Waals surface area contributed by atoms with Crippen LogP contribution in [0.5, 0.6) is 0 Å². The molecular formula is C22H26N4O4. The van der Waals surface area contributed by atoms with Gasteiger partial charge in [0.25, 0.3) is 5.91 Å². The zero-order valence-electron chi connectivity index (χ0n) is 16.7. The van der Waals surface area contributed by atoms with Gasteiger partial charge in [-0.15, -0.1) is 0 Å². The zero-order chi connectivity index (χ0) is 21.5. The quantitative estimate of drug-likeness (QED) is 0.609. The number of nitrogens with zero attached hydrogens (tertiary/aromatic N) is 2. The Morgan fingerprint density at radius 3 is 2.23 bits per heavy atom. The van der Waals surface area contributed by atoms with Gasteiger partial charge in [0.1, 0.15) is 0 Å². The highest BCUT2D eigenvalue weighted by Gasteiger charge is 2.27. The Kier molecular flexibility index (Phi) is 7.03. The fourth-order valence-electron chi connectivity index (χ4n) is 3.60. The van der Waals surface area contributed by atoms with Crippen molar-refractivity contribution in [1.82, 2.24) is 4.90 Å². The van der Waals surface area contributed by atoms with Gasteiger partial charge in [-0.1, -0.05) is 30.3 Å². The number of piperazine rings is 1. The van der Waals surface area contributed by atoms with E-state index < -0.39 is 23.7 Å². The topological polar surface area (TPSA) is 116 Å². The van der Waals surface area contributed by atoms with Crippen LogP contribution in [0, 0.1) is 5.92 Å². The summed E-state index contributed by atoms with van der Waals surface area (Å²) in [5.41, 5.74) is 6.95. The fourth-order valence-corrected chi connectivity index (χ4v) is 3.60. The van der Waals surface area contributed by atoms with Crippen molar-refractivity contribution in [1.29, 1.82) is 0 Å². The molecule has 0 unspecified atom stereocenters. The third-order valence-corrected chi connectivity index (χ3v) is 5.22. The molecule has 2 aromatic rings. The molecule has 1 saturated heterocycles. The third-order valence-electron chi connectivity index (χ3n) is 5.22. The van der Waals surface area contributed by atoms with Crippen molar-refractivity contribution in [2.45, 2.75) is 6.42 Å². The summed E-state index contributed by atoms with van der Waals surface area (Å²) in [6.07, 6.45) is -0.179. The summed E-state index contributed by atoms with van der Waals surface area (Å²) in [4.78, 5) is 40.0. The molecular weight excluding hydrogens is 384 g/mol. The van der Waals surface area contributed by atoms with Crippen LogP contribution in [0.3, 0.4) is 0 Å². The normalized spacial score (nSPS) is 15.4. The minimum absolute atomic E-state index is 0.179. The number of aliphatic carboxylic acids is 1. The first-order chi connectivity index (χ1) is 14.4. The largest absolute Gasteiger partial charge is 0.481 e. The molecule has 1 atom stereocenters. The van der Waals surface area contributed by atoms with Crippen molar-refractivity contribution >= 4 is 29.2 Å². The summed E-state index contributed by atoms with van der Waals surface area (Å²) in [5.74, 6) is -2.97. The van der Waals surface area contributed by atoms with Gasteiger partial charge in [0, 0.05) is 44.8 Å². The van der Waals surface area contributed by atoms with Crippen LogP contribution >= 0.6 is 0 Å². The Morgan fingerprint density at radius 2 is 1.60 bits per heavy atom. The number of hydrogen-bond acceptors (Lipinski definition) is 5. The van der Waals surface area contributed by atoms with Crippen LogP contribution in [0.4, 0.5) is 11.4 Å². The lowest BCUT2D eigenvalue weighted by Crippen LogP contribution is -2.48. The molecule has 8 nitrogen and oxygen atoms in total. The molecule has 1 heterocycles. The number of hydrogen-bond donors (Lipinski definition) is 3. The summed E-state index contributed by atoms with van der Waals surface area (Å²) in [5, 5.41) is 12.2. The predicted octanol–water partition coefficient (Wildman–Crippen LogP) is 1.64. The number of carbonyl (C=O) groups excluding carboxylic acids is 2. The molecule has 1 aliphatic heterocycles. The van der Waals surface area contributed by atoms with E-state index in [1.165, 1.54) is 6.07 Å². The van der Waals surface area contributed by atoms with E-state index in [1.807, 2.05) is 18.2 Å². The number of anilines is 2. The monoisotopic (exact) mass is 410 g/mol. The summed E-state index contributed by atoms with van der Waals surface area (Å²) in [6.45, 7) is 3.35. The summed E-state index contributed by atoms with van der Waals surface area (Å²) in [6, 6.07) is 16.5. The van der Waals surface area contributed by atoms with Crippen molar-refractivity contribution < 1.29 is 19.5 Å². The van der Waals surface area contributed by atoms with E-state index in [2.05, 4.69) is 27.2 Å². The number of carboxylic acids is 1. The van der Waals surface area contributed by atoms with E-state index in [4.69, 9.17) is 5.73 Å². The zero-order valence-corrected chi connectivity index (χ0v) is 16.7. The van der Waals surface area contributed by atoms with E-state index >= 15 is 0 Å². The standard InChI is InChI=1S/C22H26N4O4/c23-21(28)18-8-4-5-9-19(18)24-20(27)14-16(22(29)30)15-25-10-12-26(13-11-25)17-6-2-1-3-7-17/h1-9,16H,10-15H2,(H2,23,28)(H,24,27)(H,29,30)/t16-/m0/s1. The second kappa shape index (κ2) is 9.89. The van der Waals surface area contributed by atoms with Gasteiger partial charge in [-0.3, -0.25) is 19.3 Å². The molecule has 0 saturated carbocycles. The first kappa shape index (κ1) is 21.3. The Morgan fingerprint density at radius 1 is 0.967 bits per heavy atom. The lowest BCUT2D eigenvalue weighted by Gasteiger charge is -2.37. The van der Waals surface area contributed by atoms with Gasteiger partial charge in [0.05, 0.1) is 17.2 Å². The number of nitrogens with two attached hydrogens (primary N) is 1. The second-order valence-electron chi connectivity index (χ2n) is 7.32. The van der Waals surface area contributed by atoms with E-state index in [0.717, 1.165) is 31.9 Å². The average Bonchev–Trinajstić information content (AvgIpc) is 2.74. The van der Waals surface area contributed by atoms with Crippen LogP contribution in [0.2, 0.25) is 0 Å². The number of benzene rings is 2. The maximum absolute atomic E-state index is 12.4. The molecule has 8 heteroatoms. The summed E-state index contributed by atoms with van der Waals surface area (Å²) >= 11 is 0. The predicted molar refractivity (Wildman–Crippen MR) is 114 cm³/mol. The van der Waals surface area contributed by atoms with Gasteiger partial charge >= 0.3 is 5.97 Å². The van der Waals surface area contributed by atoms with Crippen LogP contribution in [0.1, 0.15) is 16.8 Å². The third kappa shape index (κ3) is 5.57. The molecule has 1 aliphatic rings. The molecule has 4 N–H and O–H groups in total. The van der Waals surface area contributed by atoms with Crippen molar-refractivity contribution in [3.63, 3.8) is 0 Å². The van der Waals surface area contributed by atoms with E-state index in [-0.39, 0.29) is 17.7 Å². The van der Waals surface area contributed by atoms with E-state index in [9.17, 15) is 19.5 Å². The smallest absolute Gasteiger partial charge is 0.308 e. The molecule has 2 aromatic carbocycles. The molecule has 0 spiro atoms. The van der Waals surface area contributed by atoms with Crippen LogP contribution in [0.15, 0.2) is 54.6 Å². The highest BCUT2D eigenvalue weighted by atomic mass is 16.4. The van der Waals surface area contributed by atoms with Crippen molar-refractivity contribution in [3.05, 3.63) is 60.2 Å². The number of primary amides is 1. The van der Waals surface area contributed by atoms with E-state index in [0.29, 0.717) is 6.54 Å². The maximum atomic E-state index is 12.4. The lowest BCUT2D eigenvalue weighted by atomic mass is 10.0. The minimum Gasteiger partial charge on any atom is -0.481 e. The number of carboxylic acid groups (broad SMARTS) is 1. The molecule has 3 rings (SSSR count). The van der Waals surface area contributed by atoms with Gasteiger partial charge in [0.2, 0.25) is 5.91 Å². The highest BCUT2D eigenvalue weighted by Crippen LogP contribution is 2.18. The Labute approximate surface area is 175 Å². The van der Waals surface area contributed by atoms with Gasteiger partial charge in [-0.25, -0.2) is 0 Å². The fraction of sp³-hybridized carbons (Fsp3) is 0.318. The summed E-state index contributed by atoms with van der Waals surface area (Å²) < 4.78 is 0. The van der Waals surface area contributed by atoms with Crippen molar-refractivity contribution in [2.75, 3.05) is 42.9 Å².